The summed E-state index contributed by atoms with van der Waals surface area (Å²) in [7, 11) is 0. The van der Waals surface area contributed by atoms with Crippen LogP contribution >= 0.6 is 0 Å². The summed E-state index contributed by atoms with van der Waals surface area (Å²) in [6, 6.07) is 67.3. The molecule has 0 saturated heterocycles. The SMILES string of the molecule is c1ccc(-c2nc(-c3ccccc3)c3cc(-c4ccc(-n5c6ccccc6c6c7ccc8ccccc8c7c7ccccc7c65)cc4)ccc3n2)cc1. The zero-order valence-electron chi connectivity index (χ0n) is 28.7. The molecule has 0 aliphatic carbocycles. The maximum atomic E-state index is 5.13. The third kappa shape index (κ3) is 4.61. The van der Waals surface area contributed by atoms with Gasteiger partial charge in [-0.1, -0.05) is 158 Å². The first-order valence-electron chi connectivity index (χ1n) is 18.1. The van der Waals surface area contributed by atoms with E-state index in [9.17, 15) is 0 Å². The van der Waals surface area contributed by atoms with Crippen molar-refractivity contribution in [2.45, 2.75) is 0 Å². The molecule has 3 nitrogen and oxygen atoms in total. The van der Waals surface area contributed by atoms with Crippen molar-refractivity contribution in [3.63, 3.8) is 0 Å². The molecular formula is C50H31N3. The van der Waals surface area contributed by atoms with Crippen molar-refractivity contribution in [2.24, 2.45) is 0 Å². The number of benzene rings is 9. The third-order valence-electron chi connectivity index (χ3n) is 10.8. The summed E-state index contributed by atoms with van der Waals surface area (Å²) in [6.45, 7) is 0. The van der Waals surface area contributed by atoms with Crippen LogP contribution in [0.25, 0.3) is 104 Å². The van der Waals surface area contributed by atoms with E-state index in [1.54, 1.807) is 0 Å². The monoisotopic (exact) mass is 673 g/mol. The van der Waals surface area contributed by atoms with Crippen molar-refractivity contribution < 1.29 is 0 Å². The fourth-order valence-corrected chi connectivity index (χ4v) is 8.36. The van der Waals surface area contributed by atoms with Crippen LogP contribution < -0.4 is 0 Å². The van der Waals surface area contributed by atoms with Crippen molar-refractivity contribution in [1.82, 2.24) is 14.5 Å². The van der Waals surface area contributed by atoms with Gasteiger partial charge in [0.15, 0.2) is 5.82 Å². The third-order valence-corrected chi connectivity index (χ3v) is 10.8. The highest BCUT2D eigenvalue weighted by molar-refractivity contribution is 6.36. The molecule has 0 saturated carbocycles. The minimum absolute atomic E-state index is 0.730. The van der Waals surface area contributed by atoms with E-state index >= 15 is 0 Å². The number of para-hydroxylation sites is 1. The molecule has 0 fully saturated rings. The molecule has 0 N–H and O–H groups in total. The van der Waals surface area contributed by atoms with Gasteiger partial charge in [-0.2, -0.15) is 0 Å². The Morgan fingerprint density at radius 2 is 1.00 bits per heavy atom. The molecule has 0 aliphatic heterocycles. The summed E-state index contributed by atoms with van der Waals surface area (Å²) in [5.74, 6) is 0.730. The number of hydrogen-bond donors (Lipinski definition) is 0. The predicted molar refractivity (Wildman–Crippen MR) is 223 cm³/mol. The molecule has 11 aromatic rings. The molecule has 11 rings (SSSR count). The number of rotatable bonds is 4. The Morgan fingerprint density at radius 3 is 1.79 bits per heavy atom. The lowest BCUT2D eigenvalue weighted by Gasteiger charge is -2.14. The van der Waals surface area contributed by atoms with Crippen LogP contribution in [0.15, 0.2) is 188 Å². The largest absolute Gasteiger partial charge is 0.309 e. The van der Waals surface area contributed by atoms with E-state index in [1.807, 2.05) is 24.3 Å². The number of fused-ring (bicyclic) bond motifs is 11. The number of hydrogen-bond acceptors (Lipinski definition) is 2. The molecule has 0 spiro atoms. The van der Waals surface area contributed by atoms with Gasteiger partial charge < -0.3 is 4.57 Å². The second kappa shape index (κ2) is 11.7. The van der Waals surface area contributed by atoms with E-state index in [4.69, 9.17) is 9.97 Å². The van der Waals surface area contributed by atoms with Crippen LogP contribution in [0.4, 0.5) is 0 Å². The van der Waals surface area contributed by atoms with E-state index in [0.717, 1.165) is 50.4 Å². The molecule has 9 aromatic carbocycles. The quantitative estimate of drug-likeness (QED) is 0.174. The topological polar surface area (TPSA) is 30.7 Å². The van der Waals surface area contributed by atoms with Crippen LogP contribution in [0.1, 0.15) is 0 Å². The van der Waals surface area contributed by atoms with Gasteiger partial charge in [-0.15, -0.1) is 0 Å². The fraction of sp³-hybridized carbons (Fsp3) is 0. The Bertz CT molecular complexity index is 3200. The van der Waals surface area contributed by atoms with Crippen LogP contribution in [-0.2, 0) is 0 Å². The van der Waals surface area contributed by atoms with Crippen LogP contribution in [0.3, 0.4) is 0 Å². The van der Waals surface area contributed by atoms with Gasteiger partial charge in [-0.25, -0.2) is 9.97 Å². The summed E-state index contributed by atoms with van der Waals surface area (Å²) in [6.07, 6.45) is 0. The molecule has 0 radical (unpaired) electrons. The van der Waals surface area contributed by atoms with Crippen molar-refractivity contribution >= 4 is 65.0 Å². The Labute approximate surface area is 306 Å². The van der Waals surface area contributed by atoms with Crippen LogP contribution in [0.5, 0.6) is 0 Å². The molecule has 0 bridgehead atoms. The lowest BCUT2D eigenvalue weighted by Crippen LogP contribution is -1.96. The van der Waals surface area contributed by atoms with Gasteiger partial charge in [-0.3, -0.25) is 0 Å². The second-order valence-corrected chi connectivity index (χ2v) is 13.7. The minimum atomic E-state index is 0.730. The Hall–Kier alpha value is -7.10. The van der Waals surface area contributed by atoms with Gasteiger partial charge in [0.05, 0.1) is 22.2 Å². The van der Waals surface area contributed by atoms with Crippen LogP contribution in [-0.4, -0.2) is 14.5 Å². The van der Waals surface area contributed by atoms with E-state index < -0.39 is 0 Å². The minimum Gasteiger partial charge on any atom is -0.309 e. The smallest absolute Gasteiger partial charge is 0.160 e. The zero-order chi connectivity index (χ0) is 34.9. The molecule has 3 heteroatoms. The molecule has 0 amide bonds. The molecule has 2 aromatic heterocycles. The molecular weight excluding hydrogens is 643 g/mol. The summed E-state index contributed by atoms with van der Waals surface area (Å²) >= 11 is 0. The van der Waals surface area contributed by atoms with Crippen molar-refractivity contribution in [1.29, 1.82) is 0 Å². The average molecular weight is 674 g/mol. The first-order valence-corrected chi connectivity index (χ1v) is 18.1. The first kappa shape index (κ1) is 29.6. The number of nitrogens with zero attached hydrogens (tertiary/aromatic N) is 3. The lowest BCUT2D eigenvalue weighted by molar-refractivity contribution is 1.19. The van der Waals surface area contributed by atoms with Gasteiger partial charge in [-0.05, 0) is 68.4 Å². The maximum Gasteiger partial charge on any atom is 0.160 e. The van der Waals surface area contributed by atoms with Crippen LogP contribution in [0, 0.1) is 0 Å². The average Bonchev–Trinajstić information content (AvgIpc) is 3.59. The van der Waals surface area contributed by atoms with E-state index in [2.05, 4.69) is 168 Å². The summed E-state index contributed by atoms with van der Waals surface area (Å²) < 4.78 is 2.46. The Kier molecular flexibility index (Phi) is 6.55. The van der Waals surface area contributed by atoms with Gasteiger partial charge in [0.1, 0.15) is 0 Å². The molecule has 2 heterocycles. The highest BCUT2D eigenvalue weighted by Gasteiger charge is 2.20. The van der Waals surface area contributed by atoms with Gasteiger partial charge in [0.25, 0.3) is 0 Å². The van der Waals surface area contributed by atoms with Gasteiger partial charge in [0.2, 0.25) is 0 Å². The predicted octanol–water partition coefficient (Wildman–Crippen LogP) is 13.2. The molecule has 246 valence electrons. The standard InChI is InChI=1S/C50H31N3/c1-3-14-34(15-4-1)48-43-31-36(26-30-44(43)51-50(52-48)35-16-5-2-6-17-35)32-23-27-37(28-24-32)53-45-22-12-11-21-41(45)47-42-29-25-33-13-7-8-18-38(33)46(42)39-19-9-10-20-40(39)49(47)53/h1-31H. The zero-order valence-corrected chi connectivity index (χ0v) is 28.7. The highest BCUT2D eigenvalue weighted by atomic mass is 15.0. The Balaban J connectivity index is 1.10. The fourth-order valence-electron chi connectivity index (χ4n) is 8.36. The van der Waals surface area contributed by atoms with E-state index in [0.29, 0.717) is 0 Å². The molecule has 0 unspecified atom stereocenters. The maximum absolute atomic E-state index is 5.13. The Morgan fingerprint density at radius 1 is 0.358 bits per heavy atom. The normalized spacial score (nSPS) is 11.8. The summed E-state index contributed by atoms with van der Waals surface area (Å²) in [5, 5.41) is 11.3. The van der Waals surface area contributed by atoms with Crippen molar-refractivity contribution in [2.75, 3.05) is 0 Å². The first-order chi connectivity index (χ1) is 26.3. The molecule has 0 aliphatic rings. The molecule has 53 heavy (non-hydrogen) atoms. The summed E-state index contributed by atoms with van der Waals surface area (Å²) in [5.41, 5.74) is 9.78. The van der Waals surface area contributed by atoms with Crippen molar-refractivity contribution in [3.05, 3.63) is 188 Å². The van der Waals surface area contributed by atoms with Gasteiger partial charge in [0, 0.05) is 38.4 Å². The van der Waals surface area contributed by atoms with Crippen molar-refractivity contribution in [3.8, 4) is 39.5 Å². The van der Waals surface area contributed by atoms with E-state index in [1.165, 1.54) is 54.1 Å². The van der Waals surface area contributed by atoms with Crippen LogP contribution in [0.2, 0.25) is 0 Å². The highest BCUT2D eigenvalue weighted by Crippen LogP contribution is 2.44. The molecule has 0 atom stereocenters. The second-order valence-electron chi connectivity index (χ2n) is 13.7. The number of aromatic nitrogens is 3. The van der Waals surface area contributed by atoms with Gasteiger partial charge >= 0.3 is 0 Å². The van der Waals surface area contributed by atoms with E-state index in [-0.39, 0.29) is 0 Å². The summed E-state index contributed by atoms with van der Waals surface area (Å²) in [4.78, 5) is 10.2. The lowest BCUT2D eigenvalue weighted by atomic mass is 9.93.